The molecule has 0 unspecified atom stereocenters. The predicted octanol–water partition coefficient (Wildman–Crippen LogP) is 4.80. The molecule has 4 aromatic rings. The average molecular weight is 501 g/mol. The van der Waals surface area contributed by atoms with E-state index in [1.54, 1.807) is 6.92 Å². The lowest BCUT2D eigenvalue weighted by Gasteiger charge is -2.34. The standard InChI is InChI=1S/C28H36N8O/c1-4-5-6-9-12-36-26-25(19-30-36)32-28(35-15-13-34(14-16-35)21(3)37)33-27(26)31-20(2)23-17-22-10-7-8-11-24(22)29-18-23/h7-8,10-11,17-20H,4-6,9,12-16H2,1-3H3,(H,31,32,33)/t20-/m1/s1. The molecule has 1 aliphatic heterocycles. The van der Waals surface area contributed by atoms with Crippen molar-refractivity contribution >= 4 is 39.6 Å². The van der Waals surface area contributed by atoms with Crippen molar-refractivity contribution in [3.63, 3.8) is 0 Å². The van der Waals surface area contributed by atoms with E-state index in [1.807, 2.05) is 40.2 Å². The lowest BCUT2D eigenvalue weighted by atomic mass is 10.1. The van der Waals surface area contributed by atoms with Crippen molar-refractivity contribution in [1.82, 2.24) is 29.6 Å². The van der Waals surface area contributed by atoms with Crippen LogP contribution in [-0.4, -0.2) is 61.7 Å². The fourth-order valence-electron chi connectivity index (χ4n) is 4.92. The van der Waals surface area contributed by atoms with Gasteiger partial charge in [-0.3, -0.25) is 14.5 Å². The normalized spacial score (nSPS) is 14.9. The number of nitrogens with one attached hydrogen (secondary N) is 1. The first-order valence-corrected chi connectivity index (χ1v) is 13.4. The van der Waals surface area contributed by atoms with Crippen LogP contribution in [0.25, 0.3) is 21.9 Å². The molecule has 0 radical (unpaired) electrons. The summed E-state index contributed by atoms with van der Waals surface area (Å²) in [6.07, 6.45) is 8.46. The smallest absolute Gasteiger partial charge is 0.228 e. The van der Waals surface area contributed by atoms with E-state index in [1.165, 1.54) is 19.3 Å². The van der Waals surface area contributed by atoms with Gasteiger partial charge >= 0.3 is 0 Å². The maximum atomic E-state index is 11.8. The number of fused-ring (bicyclic) bond motifs is 2. The summed E-state index contributed by atoms with van der Waals surface area (Å²) in [6.45, 7) is 9.58. The summed E-state index contributed by atoms with van der Waals surface area (Å²) in [4.78, 5) is 30.4. The first-order chi connectivity index (χ1) is 18.0. The second kappa shape index (κ2) is 11.1. The van der Waals surface area contributed by atoms with Crippen LogP contribution in [0.1, 0.15) is 58.1 Å². The SMILES string of the molecule is CCCCCCn1ncc2nc(N3CCN(C(C)=O)CC3)nc(N[C@H](C)c3cnc4ccccc4c3)c21. The van der Waals surface area contributed by atoms with Crippen molar-refractivity contribution in [2.24, 2.45) is 0 Å². The van der Waals surface area contributed by atoms with Crippen LogP contribution < -0.4 is 10.2 Å². The number of hydrogen-bond donors (Lipinski definition) is 1. The Morgan fingerprint density at radius 1 is 1.03 bits per heavy atom. The molecule has 3 aromatic heterocycles. The number of hydrogen-bond acceptors (Lipinski definition) is 7. The van der Waals surface area contributed by atoms with Gasteiger partial charge in [-0.2, -0.15) is 10.1 Å². The zero-order valence-corrected chi connectivity index (χ0v) is 22.0. The first kappa shape index (κ1) is 24.9. The molecule has 0 saturated carbocycles. The molecule has 1 aliphatic rings. The molecule has 9 heteroatoms. The summed E-state index contributed by atoms with van der Waals surface area (Å²) < 4.78 is 2.04. The Kier molecular flexibility index (Phi) is 7.48. The Balaban J connectivity index is 1.46. The van der Waals surface area contributed by atoms with Gasteiger partial charge in [0.1, 0.15) is 11.0 Å². The van der Waals surface area contributed by atoms with Gasteiger partial charge < -0.3 is 15.1 Å². The molecule has 0 bridgehead atoms. The van der Waals surface area contributed by atoms with Crippen LogP contribution in [0.3, 0.4) is 0 Å². The van der Waals surface area contributed by atoms with Gasteiger partial charge in [0.25, 0.3) is 0 Å². The van der Waals surface area contributed by atoms with Crippen molar-refractivity contribution in [2.75, 3.05) is 36.4 Å². The molecule has 9 nitrogen and oxygen atoms in total. The van der Waals surface area contributed by atoms with Crippen molar-refractivity contribution in [2.45, 2.75) is 59.0 Å². The maximum Gasteiger partial charge on any atom is 0.228 e. The first-order valence-electron chi connectivity index (χ1n) is 13.4. The Labute approximate surface area is 217 Å². The van der Waals surface area contributed by atoms with Gasteiger partial charge in [-0.05, 0) is 31.0 Å². The lowest BCUT2D eigenvalue weighted by molar-refractivity contribution is -0.129. The van der Waals surface area contributed by atoms with Gasteiger partial charge in [0, 0.05) is 51.2 Å². The van der Waals surface area contributed by atoms with Crippen molar-refractivity contribution < 1.29 is 4.79 Å². The van der Waals surface area contributed by atoms with E-state index >= 15 is 0 Å². The fraction of sp³-hybridized carbons (Fsp3) is 0.464. The number of carbonyl (C=O) groups is 1. The number of nitrogens with zero attached hydrogens (tertiary/aromatic N) is 7. The van der Waals surface area contributed by atoms with Gasteiger partial charge in [-0.15, -0.1) is 0 Å². The molecule has 0 aliphatic carbocycles. The number of aryl methyl sites for hydroxylation is 1. The maximum absolute atomic E-state index is 11.8. The minimum atomic E-state index is -0.0129. The fourth-order valence-corrected chi connectivity index (χ4v) is 4.92. The number of anilines is 2. The molecule has 1 fully saturated rings. The largest absolute Gasteiger partial charge is 0.362 e. The lowest BCUT2D eigenvalue weighted by Crippen LogP contribution is -2.48. The van der Waals surface area contributed by atoms with Crippen molar-refractivity contribution in [3.05, 3.63) is 48.3 Å². The van der Waals surface area contributed by atoms with E-state index < -0.39 is 0 Å². The second-order valence-electron chi connectivity index (χ2n) is 9.85. The number of aromatic nitrogens is 5. The summed E-state index contributed by atoms with van der Waals surface area (Å²) in [6, 6.07) is 10.3. The number of carbonyl (C=O) groups excluding carboxylic acids is 1. The molecule has 5 rings (SSSR count). The summed E-state index contributed by atoms with van der Waals surface area (Å²) in [7, 11) is 0. The van der Waals surface area contributed by atoms with Gasteiger partial charge in [-0.25, -0.2) is 4.98 Å². The summed E-state index contributed by atoms with van der Waals surface area (Å²) in [5.74, 6) is 1.57. The Bertz CT molecular complexity index is 1380. The van der Waals surface area contributed by atoms with Crippen molar-refractivity contribution in [3.8, 4) is 0 Å². The number of pyridine rings is 1. The second-order valence-corrected chi connectivity index (χ2v) is 9.85. The van der Waals surface area contributed by atoms with E-state index in [0.717, 1.165) is 46.3 Å². The molecule has 1 amide bonds. The molecule has 1 saturated heterocycles. The number of benzene rings is 1. The van der Waals surface area contributed by atoms with Crippen LogP contribution in [0.5, 0.6) is 0 Å². The third kappa shape index (κ3) is 5.50. The average Bonchev–Trinajstić information content (AvgIpc) is 3.34. The molecular weight excluding hydrogens is 464 g/mol. The van der Waals surface area contributed by atoms with Gasteiger partial charge in [-0.1, -0.05) is 44.4 Å². The number of amides is 1. The highest BCUT2D eigenvalue weighted by Crippen LogP contribution is 2.29. The van der Waals surface area contributed by atoms with Crippen LogP contribution in [0.4, 0.5) is 11.8 Å². The third-order valence-electron chi connectivity index (χ3n) is 7.17. The Hall–Kier alpha value is -3.75. The minimum absolute atomic E-state index is 0.0129. The molecule has 1 aromatic carbocycles. The van der Waals surface area contributed by atoms with E-state index in [2.05, 4.69) is 46.3 Å². The monoisotopic (exact) mass is 500 g/mol. The predicted molar refractivity (Wildman–Crippen MR) is 148 cm³/mol. The highest BCUT2D eigenvalue weighted by atomic mass is 16.2. The zero-order chi connectivity index (χ0) is 25.8. The van der Waals surface area contributed by atoms with Gasteiger partial charge in [0.2, 0.25) is 11.9 Å². The van der Waals surface area contributed by atoms with E-state index in [0.29, 0.717) is 32.1 Å². The minimum Gasteiger partial charge on any atom is -0.362 e. The molecule has 1 atom stereocenters. The van der Waals surface area contributed by atoms with E-state index in [4.69, 9.17) is 9.97 Å². The number of para-hydroxylation sites is 1. The molecule has 194 valence electrons. The van der Waals surface area contributed by atoms with E-state index in [-0.39, 0.29) is 11.9 Å². The summed E-state index contributed by atoms with van der Waals surface area (Å²) in [5, 5.41) is 9.46. The molecule has 4 heterocycles. The van der Waals surface area contributed by atoms with Crippen LogP contribution >= 0.6 is 0 Å². The topological polar surface area (TPSA) is 92.1 Å². The highest BCUT2D eigenvalue weighted by molar-refractivity contribution is 5.87. The number of piperazine rings is 1. The van der Waals surface area contributed by atoms with E-state index in [9.17, 15) is 4.79 Å². The summed E-state index contributed by atoms with van der Waals surface area (Å²) in [5.41, 5.74) is 3.85. The van der Waals surface area contributed by atoms with Gasteiger partial charge in [0.15, 0.2) is 5.82 Å². The zero-order valence-electron chi connectivity index (χ0n) is 22.0. The Morgan fingerprint density at radius 3 is 2.62 bits per heavy atom. The highest BCUT2D eigenvalue weighted by Gasteiger charge is 2.23. The third-order valence-corrected chi connectivity index (χ3v) is 7.17. The summed E-state index contributed by atoms with van der Waals surface area (Å²) >= 11 is 0. The Morgan fingerprint density at radius 2 is 1.84 bits per heavy atom. The number of unbranched alkanes of at least 4 members (excludes halogenated alkanes) is 3. The number of rotatable bonds is 9. The quantitative estimate of drug-likeness (QED) is 0.330. The molecule has 37 heavy (non-hydrogen) atoms. The van der Waals surface area contributed by atoms with Gasteiger partial charge in [0.05, 0.1) is 17.8 Å². The molecular formula is C28H36N8O. The van der Waals surface area contributed by atoms with Crippen LogP contribution in [-0.2, 0) is 11.3 Å². The van der Waals surface area contributed by atoms with Crippen LogP contribution in [0.2, 0.25) is 0 Å². The van der Waals surface area contributed by atoms with Crippen LogP contribution in [0, 0.1) is 0 Å². The molecule has 1 N–H and O–H groups in total. The van der Waals surface area contributed by atoms with Crippen molar-refractivity contribution in [1.29, 1.82) is 0 Å². The van der Waals surface area contributed by atoms with Crippen LogP contribution in [0.15, 0.2) is 42.7 Å². The molecule has 0 spiro atoms.